The lowest BCUT2D eigenvalue weighted by Crippen LogP contribution is -2.29. The van der Waals surface area contributed by atoms with Crippen molar-refractivity contribution in [2.75, 3.05) is 43.1 Å². The average Bonchev–Trinajstić information content (AvgIpc) is 3.36. The highest BCUT2D eigenvalue weighted by molar-refractivity contribution is 7.12. The normalized spacial score (nSPS) is 11.4. The largest absolute Gasteiger partial charge is 0.380 e. The van der Waals surface area contributed by atoms with Crippen molar-refractivity contribution in [1.82, 2.24) is 15.2 Å². The minimum absolute atomic E-state index is 0.246. The second-order valence-electron chi connectivity index (χ2n) is 8.72. The maximum absolute atomic E-state index is 13.1. The van der Waals surface area contributed by atoms with E-state index in [9.17, 15) is 14.9 Å². The van der Waals surface area contributed by atoms with Crippen LogP contribution in [0.25, 0.3) is 10.9 Å². The monoisotopic (exact) mass is 531 g/mol. The number of likely N-dealkylation sites (N-methyl/N-ethyl adjacent to an activating group) is 1. The number of fused-ring (bicyclic) bond motifs is 1. The van der Waals surface area contributed by atoms with Crippen LogP contribution in [0, 0.1) is 10.1 Å². The van der Waals surface area contributed by atoms with Crippen molar-refractivity contribution in [2.24, 2.45) is 0 Å². The molecule has 0 atom stereocenters. The zero-order chi connectivity index (χ0) is 26.9. The van der Waals surface area contributed by atoms with Crippen LogP contribution in [0.1, 0.15) is 15.2 Å². The van der Waals surface area contributed by atoms with Crippen LogP contribution in [-0.2, 0) is 6.54 Å². The number of carbonyl (C=O) groups excluding carboxylic acids is 1. The topological polar surface area (TPSA) is 124 Å². The Morgan fingerprint density at radius 2 is 1.87 bits per heavy atom. The summed E-state index contributed by atoms with van der Waals surface area (Å²) in [7, 11) is 3.85. The first-order valence-corrected chi connectivity index (χ1v) is 12.8. The summed E-state index contributed by atoms with van der Waals surface area (Å²) < 4.78 is 0. The summed E-state index contributed by atoms with van der Waals surface area (Å²) in [5.41, 5.74) is 3.91. The van der Waals surface area contributed by atoms with Crippen LogP contribution in [0.15, 0.2) is 84.3 Å². The fourth-order valence-electron chi connectivity index (χ4n) is 3.78. The van der Waals surface area contributed by atoms with Crippen molar-refractivity contribution in [3.63, 3.8) is 0 Å². The van der Waals surface area contributed by atoms with E-state index in [0.29, 0.717) is 35.9 Å². The first-order chi connectivity index (χ1) is 18.4. The number of pyridine rings is 1. The minimum atomic E-state index is -0.517. The molecule has 2 aromatic carbocycles. The standard InChI is InChI=1S/C27H29N7O3S/c1-33(2)14-13-29-25(18-34(36)37)31-20-6-5-7-21(16-20)32-27(35)26-24(11-15-38-26)30-17-19-10-12-28-23-9-4-3-8-22(19)23/h3-12,15-16,18,29-31H,13-14,17H2,1-2H3,(H,32,35). The predicted molar refractivity (Wildman–Crippen MR) is 153 cm³/mol. The van der Waals surface area contributed by atoms with Gasteiger partial charge in [-0.2, -0.15) is 0 Å². The van der Waals surface area contributed by atoms with Crippen molar-refractivity contribution < 1.29 is 9.72 Å². The molecule has 0 radical (unpaired) electrons. The van der Waals surface area contributed by atoms with Gasteiger partial charge < -0.3 is 26.2 Å². The number of anilines is 3. The summed E-state index contributed by atoms with van der Waals surface area (Å²) in [6.45, 7) is 1.78. The third-order valence-electron chi connectivity index (χ3n) is 5.59. The van der Waals surface area contributed by atoms with Crippen LogP contribution in [0.3, 0.4) is 0 Å². The fraction of sp³-hybridized carbons (Fsp3) is 0.185. The predicted octanol–water partition coefficient (Wildman–Crippen LogP) is 4.80. The average molecular weight is 532 g/mol. The highest BCUT2D eigenvalue weighted by Gasteiger charge is 2.14. The zero-order valence-corrected chi connectivity index (χ0v) is 21.9. The molecule has 0 saturated heterocycles. The molecule has 0 aliphatic heterocycles. The van der Waals surface area contributed by atoms with Crippen molar-refractivity contribution >= 4 is 45.2 Å². The molecule has 4 rings (SSSR count). The van der Waals surface area contributed by atoms with E-state index in [4.69, 9.17) is 0 Å². The molecule has 4 N–H and O–H groups in total. The van der Waals surface area contributed by atoms with Gasteiger partial charge in [0.15, 0.2) is 5.82 Å². The quantitative estimate of drug-likeness (QED) is 0.152. The Kier molecular flexibility index (Phi) is 8.85. The smallest absolute Gasteiger partial charge is 0.274 e. The number of carbonyl (C=O) groups is 1. The zero-order valence-electron chi connectivity index (χ0n) is 21.1. The minimum Gasteiger partial charge on any atom is -0.380 e. The maximum Gasteiger partial charge on any atom is 0.274 e. The number of hydrogen-bond donors (Lipinski definition) is 4. The molecule has 4 aromatic rings. The first kappa shape index (κ1) is 26.6. The number of nitrogens with zero attached hydrogens (tertiary/aromatic N) is 3. The molecule has 0 unspecified atom stereocenters. The van der Waals surface area contributed by atoms with E-state index in [-0.39, 0.29) is 11.7 Å². The van der Waals surface area contributed by atoms with Crippen LogP contribution in [-0.4, -0.2) is 47.9 Å². The maximum atomic E-state index is 13.1. The Bertz CT molecular complexity index is 1450. The highest BCUT2D eigenvalue weighted by Crippen LogP contribution is 2.26. The molecule has 11 heteroatoms. The third-order valence-corrected chi connectivity index (χ3v) is 6.50. The Labute approximate surface area is 224 Å². The summed E-state index contributed by atoms with van der Waals surface area (Å²) in [6, 6.07) is 18.8. The second-order valence-corrected chi connectivity index (χ2v) is 9.64. The number of rotatable bonds is 12. The molecule has 2 aromatic heterocycles. The lowest BCUT2D eigenvalue weighted by atomic mass is 10.1. The van der Waals surface area contributed by atoms with E-state index in [0.717, 1.165) is 28.4 Å². The molecule has 0 aliphatic carbocycles. The van der Waals surface area contributed by atoms with Crippen molar-refractivity contribution in [3.05, 3.63) is 105 Å². The van der Waals surface area contributed by atoms with Gasteiger partial charge in [0.2, 0.25) is 0 Å². The Hall–Kier alpha value is -4.48. The van der Waals surface area contributed by atoms with Crippen LogP contribution in [0.2, 0.25) is 0 Å². The molecule has 1 amide bonds. The van der Waals surface area contributed by atoms with Gasteiger partial charge in [0, 0.05) is 42.6 Å². The van der Waals surface area contributed by atoms with Crippen LogP contribution < -0.4 is 21.3 Å². The molecule has 38 heavy (non-hydrogen) atoms. The third kappa shape index (κ3) is 7.28. The van der Waals surface area contributed by atoms with E-state index in [1.54, 1.807) is 30.5 Å². The molecule has 10 nitrogen and oxygen atoms in total. The number of aromatic nitrogens is 1. The summed E-state index contributed by atoms with van der Waals surface area (Å²) in [5, 5.41) is 26.3. The van der Waals surface area contributed by atoms with Gasteiger partial charge in [0.05, 0.1) is 16.1 Å². The van der Waals surface area contributed by atoms with Crippen LogP contribution in [0.5, 0.6) is 0 Å². The number of hydrogen-bond acceptors (Lipinski definition) is 9. The van der Waals surface area contributed by atoms with E-state index < -0.39 is 4.92 Å². The SMILES string of the molecule is CN(C)CCNC(=C[N+](=O)[O-])Nc1cccc(NC(=O)c2sccc2NCc2ccnc3ccccc23)c1. The van der Waals surface area contributed by atoms with Gasteiger partial charge in [-0.15, -0.1) is 11.3 Å². The fourth-order valence-corrected chi connectivity index (χ4v) is 4.55. The lowest BCUT2D eigenvalue weighted by Gasteiger charge is -2.15. The van der Waals surface area contributed by atoms with Gasteiger partial charge in [-0.1, -0.05) is 24.3 Å². The van der Waals surface area contributed by atoms with Gasteiger partial charge >= 0.3 is 0 Å². The summed E-state index contributed by atoms with van der Waals surface area (Å²) in [5.74, 6) is 0.0121. The summed E-state index contributed by atoms with van der Waals surface area (Å²) in [4.78, 5) is 30.6. The highest BCUT2D eigenvalue weighted by atomic mass is 32.1. The number of nitro groups is 1. The summed E-state index contributed by atoms with van der Waals surface area (Å²) in [6.07, 6.45) is 2.67. The Morgan fingerprint density at radius 1 is 1.08 bits per heavy atom. The van der Waals surface area contributed by atoms with E-state index in [1.807, 2.05) is 60.8 Å². The van der Waals surface area contributed by atoms with Gasteiger partial charge in [-0.25, -0.2) is 0 Å². The number of amides is 1. The molecular weight excluding hydrogens is 502 g/mol. The first-order valence-electron chi connectivity index (χ1n) is 12.0. The van der Waals surface area contributed by atoms with Gasteiger partial charge in [-0.3, -0.25) is 19.9 Å². The van der Waals surface area contributed by atoms with Crippen molar-refractivity contribution in [3.8, 4) is 0 Å². The van der Waals surface area contributed by atoms with Crippen molar-refractivity contribution in [1.29, 1.82) is 0 Å². The molecule has 2 heterocycles. The number of nitrogens with one attached hydrogen (secondary N) is 4. The van der Waals surface area contributed by atoms with Crippen molar-refractivity contribution in [2.45, 2.75) is 6.54 Å². The number of benzene rings is 2. The summed E-state index contributed by atoms with van der Waals surface area (Å²) >= 11 is 1.35. The van der Waals surface area contributed by atoms with Gasteiger partial charge in [0.25, 0.3) is 12.1 Å². The van der Waals surface area contributed by atoms with E-state index >= 15 is 0 Å². The molecule has 196 valence electrons. The molecule has 0 spiro atoms. The second kappa shape index (κ2) is 12.7. The molecule has 0 bridgehead atoms. The Balaban J connectivity index is 1.42. The molecule has 0 aliphatic rings. The number of thiophene rings is 1. The molecule has 0 fully saturated rings. The van der Waals surface area contributed by atoms with Gasteiger partial charge in [0.1, 0.15) is 4.88 Å². The van der Waals surface area contributed by atoms with E-state index in [2.05, 4.69) is 26.3 Å². The van der Waals surface area contributed by atoms with Crippen LogP contribution >= 0.6 is 11.3 Å². The molecule has 0 saturated carbocycles. The molecular formula is C27H29N7O3S. The number of para-hydroxylation sites is 1. The van der Waals surface area contributed by atoms with E-state index in [1.165, 1.54) is 11.3 Å². The van der Waals surface area contributed by atoms with Crippen LogP contribution in [0.4, 0.5) is 17.1 Å². The lowest BCUT2D eigenvalue weighted by molar-refractivity contribution is -0.403. The Morgan fingerprint density at radius 3 is 2.66 bits per heavy atom. The van der Waals surface area contributed by atoms with Gasteiger partial charge in [-0.05, 0) is 61.4 Å².